The molecule has 0 amide bonds. The molecule has 0 aliphatic rings. The third-order valence-corrected chi connectivity index (χ3v) is 2.26. The number of carbonyl (C=O) groups is 1. The minimum Gasteiger partial charge on any atom is -0.508 e. The molecule has 0 spiro atoms. The van der Waals surface area contributed by atoms with Gasteiger partial charge in [0.25, 0.3) is 0 Å². The van der Waals surface area contributed by atoms with Crippen LogP contribution in [0.4, 0.5) is 0 Å². The van der Waals surface area contributed by atoms with Crippen LogP contribution in [0.2, 0.25) is 0 Å². The molecule has 0 bridgehead atoms. The molecular weight excluding hydrogens is 194 g/mol. The van der Waals surface area contributed by atoms with Crippen LogP contribution in [0.5, 0.6) is 11.5 Å². The van der Waals surface area contributed by atoms with E-state index < -0.39 is 6.04 Å². The maximum Gasteiger partial charge on any atom is 0.182 e. The van der Waals surface area contributed by atoms with E-state index in [9.17, 15) is 15.0 Å². The molecule has 0 aliphatic heterocycles. The lowest BCUT2D eigenvalue weighted by Gasteiger charge is -2.09. The number of phenolic OH excluding ortho intramolecular Hbond substituents is 2. The molecule has 0 aromatic heterocycles. The molecule has 0 radical (unpaired) electrons. The van der Waals surface area contributed by atoms with E-state index in [1.807, 2.05) is 6.92 Å². The number of phenols is 2. The number of rotatable bonds is 3. The highest BCUT2D eigenvalue weighted by Gasteiger charge is 2.17. The number of ketones is 1. The van der Waals surface area contributed by atoms with Gasteiger partial charge in [-0.1, -0.05) is 6.92 Å². The van der Waals surface area contributed by atoms with Crippen LogP contribution in [0.15, 0.2) is 12.1 Å². The Bertz CT molecular complexity index is 386. The van der Waals surface area contributed by atoms with Gasteiger partial charge in [0.05, 0.1) is 11.6 Å². The van der Waals surface area contributed by atoms with Crippen molar-refractivity contribution in [3.8, 4) is 11.5 Å². The summed E-state index contributed by atoms with van der Waals surface area (Å²) in [4.78, 5) is 11.6. The van der Waals surface area contributed by atoms with Crippen LogP contribution in [0.1, 0.15) is 29.8 Å². The number of nitrogens with two attached hydrogens (primary N) is 1. The topological polar surface area (TPSA) is 83.6 Å². The zero-order valence-electron chi connectivity index (χ0n) is 8.82. The van der Waals surface area contributed by atoms with Gasteiger partial charge in [-0.05, 0) is 25.0 Å². The first-order chi connectivity index (χ1) is 6.97. The number of benzene rings is 1. The number of aryl methyl sites for hydroxylation is 1. The van der Waals surface area contributed by atoms with E-state index in [1.165, 1.54) is 12.1 Å². The fraction of sp³-hybridized carbons (Fsp3) is 0.364. The molecule has 1 aromatic carbocycles. The molecule has 1 unspecified atom stereocenters. The molecular formula is C11H15NO3. The Hall–Kier alpha value is -1.55. The lowest BCUT2D eigenvalue weighted by atomic mass is 10.0. The number of aromatic hydroxyl groups is 2. The highest BCUT2D eigenvalue weighted by atomic mass is 16.3. The SMILES string of the molecule is CCc1cc(C(=O)C(C)N)c(O)cc1O. The van der Waals surface area contributed by atoms with Crippen LogP contribution in [0.25, 0.3) is 0 Å². The van der Waals surface area contributed by atoms with Gasteiger partial charge in [-0.3, -0.25) is 4.79 Å². The first-order valence-electron chi connectivity index (χ1n) is 4.82. The lowest BCUT2D eigenvalue weighted by Crippen LogP contribution is -2.26. The Balaban J connectivity index is 3.24. The average molecular weight is 209 g/mol. The third kappa shape index (κ3) is 2.27. The maximum atomic E-state index is 11.6. The highest BCUT2D eigenvalue weighted by Crippen LogP contribution is 2.28. The fourth-order valence-electron chi connectivity index (χ4n) is 1.35. The summed E-state index contributed by atoms with van der Waals surface area (Å²) in [5.41, 5.74) is 6.23. The second-order valence-electron chi connectivity index (χ2n) is 3.50. The van der Waals surface area contributed by atoms with Crippen LogP contribution in [0, 0.1) is 0 Å². The number of hydrogen-bond donors (Lipinski definition) is 3. The molecule has 0 aliphatic carbocycles. The van der Waals surface area contributed by atoms with Gasteiger partial charge < -0.3 is 15.9 Å². The predicted molar refractivity (Wildman–Crippen MR) is 57.1 cm³/mol. The summed E-state index contributed by atoms with van der Waals surface area (Å²) in [6, 6.07) is 2.00. The van der Waals surface area contributed by atoms with Crippen molar-refractivity contribution in [2.24, 2.45) is 5.73 Å². The van der Waals surface area contributed by atoms with Crippen molar-refractivity contribution in [2.75, 3.05) is 0 Å². The van der Waals surface area contributed by atoms with Gasteiger partial charge in [0.1, 0.15) is 11.5 Å². The normalized spacial score (nSPS) is 12.5. The lowest BCUT2D eigenvalue weighted by molar-refractivity contribution is 0.0965. The Morgan fingerprint density at radius 1 is 1.40 bits per heavy atom. The molecule has 4 heteroatoms. The van der Waals surface area contributed by atoms with Crippen molar-refractivity contribution in [1.82, 2.24) is 0 Å². The van der Waals surface area contributed by atoms with E-state index in [2.05, 4.69) is 0 Å². The van der Waals surface area contributed by atoms with E-state index in [0.29, 0.717) is 12.0 Å². The van der Waals surface area contributed by atoms with Gasteiger partial charge in [-0.25, -0.2) is 0 Å². The smallest absolute Gasteiger partial charge is 0.182 e. The quantitative estimate of drug-likeness (QED) is 0.653. The first-order valence-corrected chi connectivity index (χ1v) is 4.82. The molecule has 4 N–H and O–H groups in total. The molecule has 1 aromatic rings. The summed E-state index contributed by atoms with van der Waals surface area (Å²) < 4.78 is 0. The standard InChI is InChI=1S/C11H15NO3/c1-3-7-4-8(11(15)6(2)12)10(14)5-9(7)13/h4-6,13-14H,3,12H2,1-2H3. The zero-order chi connectivity index (χ0) is 11.6. The first kappa shape index (κ1) is 11.5. The Morgan fingerprint density at radius 2 is 2.00 bits per heavy atom. The van der Waals surface area contributed by atoms with Crippen molar-refractivity contribution in [3.05, 3.63) is 23.3 Å². The average Bonchev–Trinajstić information content (AvgIpc) is 2.17. The van der Waals surface area contributed by atoms with E-state index in [1.54, 1.807) is 6.92 Å². The van der Waals surface area contributed by atoms with Crippen molar-refractivity contribution in [2.45, 2.75) is 26.3 Å². The van der Waals surface area contributed by atoms with Crippen molar-refractivity contribution in [1.29, 1.82) is 0 Å². The van der Waals surface area contributed by atoms with E-state index in [0.717, 1.165) is 0 Å². The molecule has 15 heavy (non-hydrogen) atoms. The number of carbonyl (C=O) groups excluding carboxylic acids is 1. The number of Topliss-reactive ketones (excluding diaryl/α,β-unsaturated/α-hetero) is 1. The van der Waals surface area contributed by atoms with Crippen molar-refractivity contribution in [3.63, 3.8) is 0 Å². The van der Waals surface area contributed by atoms with Gasteiger partial charge in [0, 0.05) is 6.07 Å². The summed E-state index contributed by atoms with van der Waals surface area (Å²) in [6.45, 7) is 3.41. The van der Waals surface area contributed by atoms with Gasteiger partial charge in [0.15, 0.2) is 5.78 Å². The van der Waals surface area contributed by atoms with E-state index in [-0.39, 0.29) is 22.8 Å². The minimum atomic E-state index is -0.662. The molecule has 1 atom stereocenters. The summed E-state index contributed by atoms with van der Waals surface area (Å²) in [6.07, 6.45) is 0.589. The molecule has 0 saturated carbocycles. The highest BCUT2D eigenvalue weighted by molar-refractivity contribution is 6.02. The Kier molecular flexibility index (Phi) is 3.31. The van der Waals surface area contributed by atoms with Crippen molar-refractivity contribution >= 4 is 5.78 Å². The fourth-order valence-corrected chi connectivity index (χ4v) is 1.35. The monoisotopic (exact) mass is 209 g/mol. The van der Waals surface area contributed by atoms with Gasteiger partial charge >= 0.3 is 0 Å². The molecule has 1 rings (SSSR count). The van der Waals surface area contributed by atoms with E-state index in [4.69, 9.17) is 5.73 Å². The number of hydrogen-bond acceptors (Lipinski definition) is 4. The van der Waals surface area contributed by atoms with Gasteiger partial charge in [-0.2, -0.15) is 0 Å². The molecule has 0 heterocycles. The van der Waals surface area contributed by atoms with Crippen LogP contribution in [-0.4, -0.2) is 22.0 Å². The van der Waals surface area contributed by atoms with Crippen molar-refractivity contribution < 1.29 is 15.0 Å². The molecule has 82 valence electrons. The largest absolute Gasteiger partial charge is 0.508 e. The second-order valence-corrected chi connectivity index (χ2v) is 3.50. The molecule has 4 nitrogen and oxygen atoms in total. The van der Waals surface area contributed by atoms with E-state index >= 15 is 0 Å². The summed E-state index contributed by atoms with van der Waals surface area (Å²) in [5.74, 6) is -0.564. The van der Waals surface area contributed by atoms with Crippen LogP contribution in [-0.2, 0) is 6.42 Å². The zero-order valence-corrected chi connectivity index (χ0v) is 8.82. The third-order valence-electron chi connectivity index (χ3n) is 2.26. The van der Waals surface area contributed by atoms with Crippen LogP contribution < -0.4 is 5.73 Å². The Morgan fingerprint density at radius 3 is 2.47 bits per heavy atom. The maximum absolute atomic E-state index is 11.6. The predicted octanol–water partition coefficient (Wildman–Crippen LogP) is 1.19. The molecule has 0 saturated heterocycles. The summed E-state index contributed by atoms with van der Waals surface area (Å²) in [5, 5.41) is 18.9. The van der Waals surface area contributed by atoms with Crippen LogP contribution in [0.3, 0.4) is 0 Å². The molecule has 0 fully saturated rings. The van der Waals surface area contributed by atoms with Gasteiger partial charge in [-0.15, -0.1) is 0 Å². The second kappa shape index (κ2) is 4.31. The Labute approximate surface area is 88.3 Å². The minimum absolute atomic E-state index is 0.00350. The summed E-state index contributed by atoms with van der Waals surface area (Å²) in [7, 11) is 0. The summed E-state index contributed by atoms with van der Waals surface area (Å²) >= 11 is 0. The van der Waals surface area contributed by atoms with Gasteiger partial charge in [0.2, 0.25) is 0 Å². The van der Waals surface area contributed by atoms with Crippen LogP contribution >= 0.6 is 0 Å².